The average molecular weight is 170 g/mol. The quantitative estimate of drug-likeness (QED) is 0.510. The number of fused-ring (bicyclic) bond motifs is 3. The van der Waals surface area contributed by atoms with Gasteiger partial charge in [0.15, 0.2) is 5.65 Å². The maximum Gasteiger partial charge on any atom is 0.179 e. The molecule has 62 valence electrons. The van der Waals surface area contributed by atoms with Crippen LogP contribution in [-0.2, 0) is 0 Å². The molecule has 2 aromatic heterocycles. The van der Waals surface area contributed by atoms with Crippen molar-refractivity contribution in [3.63, 3.8) is 0 Å². The van der Waals surface area contributed by atoms with E-state index in [9.17, 15) is 0 Å². The molecule has 3 aromatic rings. The van der Waals surface area contributed by atoms with Gasteiger partial charge in [-0.1, -0.05) is 12.1 Å². The molecule has 0 aliphatic carbocycles. The summed E-state index contributed by atoms with van der Waals surface area (Å²) in [6, 6.07) is 7.85. The molecule has 1 aromatic carbocycles. The van der Waals surface area contributed by atoms with Crippen LogP contribution in [-0.4, -0.2) is 19.6 Å². The lowest BCUT2D eigenvalue weighted by Gasteiger charge is -1.97. The van der Waals surface area contributed by atoms with Gasteiger partial charge in [-0.2, -0.15) is 0 Å². The molecule has 4 heteroatoms. The van der Waals surface area contributed by atoms with Crippen molar-refractivity contribution in [3.8, 4) is 0 Å². The number of aromatic nitrogens is 4. The maximum atomic E-state index is 4.07. The lowest BCUT2D eigenvalue weighted by atomic mass is 10.3. The summed E-state index contributed by atoms with van der Waals surface area (Å²) in [5.74, 6) is 0. The molecular formula is C9H6N4. The van der Waals surface area contributed by atoms with Crippen molar-refractivity contribution in [1.82, 2.24) is 19.6 Å². The van der Waals surface area contributed by atoms with E-state index in [2.05, 4.69) is 15.2 Å². The van der Waals surface area contributed by atoms with Gasteiger partial charge in [0.05, 0.1) is 11.7 Å². The van der Waals surface area contributed by atoms with E-state index in [1.54, 1.807) is 12.5 Å². The SMILES string of the molecule is c1ccc2c(c1)nnc1cncn12. The molecule has 0 bridgehead atoms. The fourth-order valence-corrected chi connectivity index (χ4v) is 1.41. The standard InChI is InChI=1S/C9H6N4/c1-2-4-8-7(3-1)11-12-9-5-10-6-13(8)9/h1-6H. The van der Waals surface area contributed by atoms with Crippen molar-refractivity contribution in [2.75, 3.05) is 0 Å². The summed E-state index contributed by atoms with van der Waals surface area (Å²) in [7, 11) is 0. The van der Waals surface area contributed by atoms with Crippen molar-refractivity contribution >= 4 is 16.7 Å². The molecule has 0 radical (unpaired) electrons. The number of imidazole rings is 1. The normalized spacial score (nSPS) is 11.1. The number of hydrogen-bond donors (Lipinski definition) is 0. The highest BCUT2D eigenvalue weighted by molar-refractivity contribution is 5.76. The number of para-hydroxylation sites is 1. The third kappa shape index (κ3) is 0.823. The molecule has 4 nitrogen and oxygen atoms in total. The summed E-state index contributed by atoms with van der Waals surface area (Å²) in [4.78, 5) is 4.01. The van der Waals surface area contributed by atoms with Gasteiger partial charge in [-0.3, -0.25) is 4.40 Å². The second-order valence-corrected chi connectivity index (χ2v) is 2.81. The Balaban J connectivity index is 2.65. The zero-order valence-corrected chi connectivity index (χ0v) is 6.75. The van der Waals surface area contributed by atoms with E-state index in [0.717, 1.165) is 16.7 Å². The second-order valence-electron chi connectivity index (χ2n) is 2.81. The molecule has 0 atom stereocenters. The Hall–Kier alpha value is -1.97. The second kappa shape index (κ2) is 2.26. The summed E-state index contributed by atoms with van der Waals surface area (Å²) in [5.41, 5.74) is 2.69. The van der Waals surface area contributed by atoms with Crippen LogP contribution in [0.5, 0.6) is 0 Å². The van der Waals surface area contributed by atoms with Crippen LogP contribution in [0.25, 0.3) is 16.7 Å². The molecule has 0 N–H and O–H groups in total. The predicted octanol–water partition coefficient (Wildman–Crippen LogP) is 1.28. The number of benzene rings is 1. The lowest BCUT2D eigenvalue weighted by molar-refractivity contribution is 1.04. The first-order valence-electron chi connectivity index (χ1n) is 3.99. The largest absolute Gasteiger partial charge is 0.280 e. The minimum absolute atomic E-state index is 0.777. The van der Waals surface area contributed by atoms with E-state index >= 15 is 0 Å². The maximum absolute atomic E-state index is 4.07. The Morgan fingerprint density at radius 1 is 1.08 bits per heavy atom. The number of rotatable bonds is 0. The Morgan fingerprint density at radius 3 is 3.00 bits per heavy atom. The lowest BCUT2D eigenvalue weighted by Crippen LogP contribution is -1.92. The van der Waals surface area contributed by atoms with Crippen molar-refractivity contribution in [3.05, 3.63) is 36.8 Å². The van der Waals surface area contributed by atoms with E-state index in [4.69, 9.17) is 0 Å². The topological polar surface area (TPSA) is 43.1 Å². The molecule has 0 saturated carbocycles. The third-order valence-electron chi connectivity index (χ3n) is 2.02. The smallest absolute Gasteiger partial charge is 0.179 e. The van der Waals surface area contributed by atoms with E-state index in [0.29, 0.717) is 0 Å². The van der Waals surface area contributed by atoms with Gasteiger partial charge in [0.1, 0.15) is 11.8 Å². The predicted molar refractivity (Wildman–Crippen MR) is 48.3 cm³/mol. The highest BCUT2D eigenvalue weighted by Crippen LogP contribution is 2.10. The van der Waals surface area contributed by atoms with Crippen molar-refractivity contribution in [2.24, 2.45) is 0 Å². The van der Waals surface area contributed by atoms with Crippen LogP contribution in [0.2, 0.25) is 0 Å². The summed E-state index contributed by atoms with van der Waals surface area (Å²) >= 11 is 0. The van der Waals surface area contributed by atoms with Crippen LogP contribution in [0.4, 0.5) is 0 Å². The van der Waals surface area contributed by atoms with E-state index < -0.39 is 0 Å². The van der Waals surface area contributed by atoms with Crippen LogP contribution in [0, 0.1) is 0 Å². The summed E-state index contributed by atoms with van der Waals surface area (Å²) in [6.45, 7) is 0. The van der Waals surface area contributed by atoms with Gasteiger partial charge in [0.25, 0.3) is 0 Å². The Labute approximate surface area is 73.9 Å². The van der Waals surface area contributed by atoms with Crippen LogP contribution >= 0.6 is 0 Å². The first-order valence-corrected chi connectivity index (χ1v) is 3.99. The van der Waals surface area contributed by atoms with Gasteiger partial charge in [-0.25, -0.2) is 4.98 Å². The molecule has 3 rings (SSSR count). The first-order chi connectivity index (χ1) is 6.45. The molecule has 0 aliphatic rings. The van der Waals surface area contributed by atoms with Gasteiger partial charge in [-0.05, 0) is 12.1 Å². The Kier molecular flexibility index (Phi) is 1.14. The molecule has 0 aliphatic heterocycles. The molecule has 13 heavy (non-hydrogen) atoms. The molecule has 2 heterocycles. The van der Waals surface area contributed by atoms with E-state index in [1.165, 1.54) is 0 Å². The van der Waals surface area contributed by atoms with Gasteiger partial charge in [-0.15, -0.1) is 10.2 Å². The van der Waals surface area contributed by atoms with E-state index in [-0.39, 0.29) is 0 Å². The molecule has 0 unspecified atom stereocenters. The van der Waals surface area contributed by atoms with Crippen molar-refractivity contribution < 1.29 is 0 Å². The first kappa shape index (κ1) is 6.54. The van der Waals surface area contributed by atoms with Crippen LogP contribution in [0.1, 0.15) is 0 Å². The fraction of sp³-hybridized carbons (Fsp3) is 0. The van der Waals surface area contributed by atoms with Crippen molar-refractivity contribution in [2.45, 2.75) is 0 Å². The minimum atomic E-state index is 0.777. The minimum Gasteiger partial charge on any atom is -0.280 e. The van der Waals surface area contributed by atoms with Gasteiger partial charge in [0.2, 0.25) is 0 Å². The van der Waals surface area contributed by atoms with Gasteiger partial charge < -0.3 is 0 Å². The van der Waals surface area contributed by atoms with Crippen LogP contribution in [0.3, 0.4) is 0 Å². The Bertz CT molecular complexity index is 570. The van der Waals surface area contributed by atoms with Crippen LogP contribution in [0.15, 0.2) is 36.8 Å². The summed E-state index contributed by atoms with van der Waals surface area (Å²) < 4.78 is 1.92. The molecule has 0 spiro atoms. The highest BCUT2D eigenvalue weighted by Gasteiger charge is 2.00. The molecule has 0 saturated heterocycles. The zero-order valence-electron chi connectivity index (χ0n) is 6.75. The fourth-order valence-electron chi connectivity index (χ4n) is 1.41. The summed E-state index contributed by atoms with van der Waals surface area (Å²) in [5, 5.41) is 8.09. The number of hydrogen-bond acceptors (Lipinski definition) is 3. The summed E-state index contributed by atoms with van der Waals surface area (Å²) in [6.07, 6.45) is 3.44. The third-order valence-corrected chi connectivity index (χ3v) is 2.02. The van der Waals surface area contributed by atoms with Crippen LogP contribution < -0.4 is 0 Å². The molecular weight excluding hydrogens is 164 g/mol. The van der Waals surface area contributed by atoms with Gasteiger partial charge in [0, 0.05) is 0 Å². The number of nitrogens with zero attached hydrogens (tertiary/aromatic N) is 4. The highest BCUT2D eigenvalue weighted by atomic mass is 15.2. The van der Waals surface area contributed by atoms with E-state index in [1.807, 2.05) is 28.7 Å². The Morgan fingerprint density at radius 2 is 2.00 bits per heavy atom. The van der Waals surface area contributed by atoms with Crippen molar-refractivity contribution in [1.29, 1.82) is 0 Å². The average Bonchev–Trinajstić information content (AvgIpc) is 2.65. The van der Waals surface area contributed by atoms with Gasteiger partial charge >= 0.3 is 0 Å². The monoisotopic (exact) mass is 170 g/mol. The zero-order chi connectivity index (χ0) is 8.67. The molecule has 0 amide bonds. The molecule has 0 fully saturated rings.